The summed E-state index contributed by atoms with van der Waals surface area (Å²) in [6, 6.07) is 0. The summed E-state index contributed by atoms with van der Waals surface area (Å²) in [5.41, 5.74) is 0.0102. The van der Waals surface area contributed by atoms with Crippen LogP contribution in [0.25, 0.3) is 0 Å². The van der Waals surface area contributed by atoms with E-state index in [-0.39, 0.29) is 17.6 Å². The number of hydrogen-bond donors (Lipinski definition) is 1. The number of carbonyl (C=O) groups is 1. The lowest BCUT2D eigenvalue weighted by Crippen LogP contribution is -2.33. The first kappa shape index (κ1) is 12.4. The fraction of sp³-hybridized carbons (Fsp3) is 0.889. The fourth-order valence-electron chi connectivity index (χ4n) is 1.65. The topological polar surface area (TPSA) is 74.7 Å². The molecule has 0 saturated carbocycles. The maximum absolute atomic E-state index is 11.7. The molecule has 1 heterocycles. The number of nitrogens with zero attached hydrogens (tertiary/aromatic N) is 1. The Labute approximate surface area is 90.1 Å². The summed E-state index contributed by atoms with van der Waals surface area (Å²) < 4.78 is 24.8. The lowest BCUT2D eigenvalue weighted by atomic mass is 9.93. The van der Waals surface area contributed by atoms with Gasteiger partial charge >= 0.3 is 5.97 Å². The summed E-state index contributed by atoms with van der Waals surface area (Å²) in [6.45, 7) is 5.03. The molecule has 0 radical (unpaired) electrons. The molecule has 1 aliphatic rings. The molecule has 0 bridgehead atoms. The minimum atomic E-state index is -3.37. The van der Waals surface area contributed by atoms with Crippen molar-refractivity contribution in [1.29, 1.82) is 0 Å². The van der Waals surface area contributed by atoms with Crippen LogP contribution in [0.2, 0.25) is 0 Å². The van der Waals surface area contributed by atoms with Crippen molar-refractivity contribution in [3.8, 4) is 0 Å². The summed E-state index contributed by atoms with van der Waals surface area (Å²) in [5, 5.41) is 8.44. The molecule has 0 amide bonds. The van der Waals surface area contributed by atoms with Gasteiger partial charge in [-0.15, -0.1) is 0 Å². The van der Waals surface area contributed by atoms with Gasteiger partial charge in [0.25, 0.3) is 0 Å². The fourth-order valence-corrected chi connectivity index (χ4v) is 3.25. The second-order valence-corrected chi connectivity index (χ2v) is 6.80. The van der Waals surface area contributed by atoms with E-state index < -0.39 is 16.0 Å². The van der Waals surface area contributed by atoms with Gasteiger partial charge in [-0.1, -0.05) is 13.8 Å². The third-order valence-electron chi connectivity index (χ3n) is 2.61. The van der Waals surface area contributed by atoms with Crippen LogP contribution >= 0.6 is 0 Å². The van der Waals surface area contributed by atoms with E-state index in [9.17, 15) is 13.2 Å². The van der Waals surface area contributed by atoms with Gasteiger partial charge in [0.15, 0.2) is 0 Å². The average molecular weight is 235 g/mol. The first-order chi connectivity index (χ1) is 6.73. The Morgan fingerprint density at radius 1 is 1.47 bits per heavy atom. The van der Waals surface area contributed by atoms with Crippen LogP contribution in [0.15, 0.2) is 0 Å². The normalized spacial score (nSPS) is 21.7. The van der Waals surface area contributed by atoms with Crippen LogP contribution in [0.1, 0.15) is 26.7 Å². The van der Waals surface area contributed by atoms with E-state index in [0.717, 1.165) is 6.42 Å². The zero-order chi connectivity index (χ0) is 11.7. The highest BCUT2D eigenvalue weighted by molar-refractivity contribution is 7.89. The molecule has 1 aliphatic heterocycles. The third-order valence-corrected chi connectivity index (χ3v) is 4.43. The predicted molar refractivity (Wildman–Crippen MR) is 56.0 cm³/mol. The van der Waals surface area contributed by atoms with Crippen LogP contribution in [-0.4, -0.2) is 42.6 Å². The maximum atomic E-state index is 11.7. The monoisotopic (exact) mass is 235 g/mol. The SMILES string of the molecule is CC1(C)CCN(S(=O)(=O)CCC(=O)O)C1. The van der Waals surface area contributed by atoms with Crippen LogP contribution < -0.4 is 0 Å². The number of carboxylic acid groups (broad SMARTS) is 1. The Morgan fingerprint density at radius 3 is 2.47 bits per heavy atom. The Balaban J connectivity index is 2.60. The van der Waals surface area contributed by atoms with Crippen molar-refractivity contribution in [1.82, 2.24) is 4.31 Å². The first-order valence-corrected chi connectivity index (χ1v) is 6.53. The van der Waals surface area contributed by atoms with Crippen molar-refractivity contribution < 1.29 is 18.3 Å². The predicted octanol–water partition coefficient (Wildman–Crippen LogP) is 0.523. The standard InChI is InChI=1S/C9H17NO4S/c1-9(2)4-5-10(7-9)15(13,14)6-3-8(11)12/h3-7H2,1-2H3,(H,11,12). The highest BCUT2D eigenvalue weighted by Crippen LogP contribution is 2.30. The van der Waals surface area contributed by atoms with E-state index in [1.54, 1.807) is 0 Å². The summed E-state index contributed by atoms with van der Waals surface area (Å²) in [5.74, 6) is -1.37. The number of carboxylic acids is 1. The molecule has 0 aromatic rings. The molecule has 0 aromatic carbocycles. The minimum absolute atomic E-state index is 0.0102. The van der Waals surface area contributed by atoms with E-state index in [1.807, 2.05) is 13.8 Å². The third kappa shape index (κ3) is 3.46. The van der Waals surface area contributed by atoms with Gasteiger partial charge in [0.05, 0.1) is 12.2 Å². The van der Waals surface area contributed by atoms with Gasteiger partial charge in [-0.2, -0.15) is 0 Å². The molecule has 88 valence electrons. The van der Waals surface area contributed by atoms with Crippen molar-refractivity contribution >= 4 is 16.0 Å². The smallest absolute Gasteiger partial charge is 0.304 e. The zero-order valence-electron chi connectivity index (χ0n) is 9.06. The molecular weight excluding hydrogens is 218 g/mol. The largest absolute Gasteiger partial charge is 0.481 e. The average Bonchev–Trinajstić information content (AvgIpc) is 2.43. The summed E-state index contributed by atoms with van der Waals surface area (Å²) in [7, 11) is -3.37. The van der Waals surface area contributed by atoms with Crippen LogP contribution in [0.5, 0.6) is 0 Å². The molecule has 0 aromatic heterocycles. The summed E-state index contributed by atoms with van der Waals surface area (Å²) in [4.78, 5) is 10.3. The molecule has 0 aliphatic carbocycles. The molecule has 6 heteroatoms. The van der Waals surface area contributed by atoms with E-state index >= 15 is 0 Å². The molecule has 0 atom stereocenters. The molecule has 0 unspecified atom stereocenters. The highest BCUT2D eigenvalue weighted by Gasteiger charge is 2.35. The van der Waals surface area contributed by atoms with E-state index in [4.69, 9.17) is 5.11 Å². The van der Waals surface area contributed by atoms with Crippen molar-refractivity contribution in [2.24, 2.45) is 5.41 Å². The van der Waals surface area contributed by atoms with Gasteiger partial charge in [0.2, 0.25) is 10.0 Å². The second-order valence-electron chi connectivity index (χ2n) is 4.71. The van der Waals surface area contributed by atoms with Crippen molar-refractivity contribution in [2.75, 3.05) is 18.8 Å². The number of aliphatic carboxylic acids is 1. The molecule has 15 heavy (non-hydrogen) atoms. The Bertz CT molecular complexity index is 347. The Kier molecular flexibility index (Phi) is 3.40. The second kappa shape index (κ2) is 4.09. The molecule has 1 fully saturated rings. The van der Waals surface area contributed by atoms with E-state index in [1.165, 1.54) is 4.31 Å². The van der Waals surface area contributed by atoms with E-state index in [2.05, 4.69) is 0 Å². The number of sulfonamides is 1. The minimum Gasteiger partial charge on any atom is -0.481 e. The van der Waals surface area contributed by atoms with Gasteiger partial charge in [-0.25, -0.2) is 12.7 Å². The lowest BCUT2D eigenvalue weighted by Gasteiger charge is -2.19. The highest BCUT2D eigenvalue weighted by atomic mass is 32.2. The molecule has 1 saturated heterocycles. The van der Waals surface area contributed by atoms with Crippen molar-refractivity contribution in [3.63, 3.8) is 0 Å². The molecule has 1 N–H and O–H groups in total. The quantitative estimate of drug-likeness (QED) is 0.771. The summed E-state index contributed by atoms with van der Waals surface area (Å²) >= 11 is 0. The van der Waals surface area contributed by atoms with Crippen LogP contribution in [-0.2, 0) is 14.8 Å². The maximum Gasteiger partial charge on any atom is 0.304 e. The molecular formula is C9H17NO4S. The molecule has 0 spiro atoms. The van der Waals surface area contributed by atoms with Gasteiger partial charge in [-0.05, 0) is 11.8 Å². The Morgan fingerprint density at radius 2 is 2.07 bits per heavy atom. The first-order valence-electron chi connectivity index (χ1n) is 4.93. The van der Waals surface area contributed by atoms with Gasteiger partial charge in [0, 0.05) is 13.1 Å². The van der Waals surface area contributed by atoms with Crippen LogP contribution in [0.3, 0.4) is 0 Å². The van der Waals surface area contributed by atoms with E-state index in [0.29, 0.717) is 13.1 Å². The van der Waals surface area contributed by atoms with Gasteiger partial charge in [0.1, 0.15) is 0 Å². The van der Waals surface area contributed by atoms with Crippen molar-refractivity contribution in [3.05, 3.63) is 0 Å². The number of rotatable bonds is 4. The van der Waals surface area contributed by atoms with Crippen LogP contribution in [0, 0.1) is 5.41 Å². The zero-order valence-corrected chi connectivity index (χ0v) is 9.88. The number of hydrogen-bond acceptors (Lipinski definition) is 3. The molecule has 5 nitrogen and oxygen atoms in total. The Hall–Kier alpha value is -0.620. The van der Waals surface area contributed by atoms with Gasteiger partial charge in [-0.3, -0.25) is 4.79 Å². The van der Waals surface area contributed by atoms with Gasteiger partial charge < -0.3 is 5.11 Å². The molecule has 1 rings (SSSR count). The lowest BCUT2D eigenvalue weighted by molar-refractivity contribution is -0.136. The van der Waals surface area contributed by atoms with Crippen LogP contribution in [0.4, 0.5) is 0 Å². The van der Waals surface area contributed by atoms with Crippen molar-refractivity contribution in [2.45, 2.75) is 26.7 Å². The summed E-state index contributed by atoms with van der Waals surface area (Å²) in [6.07, 6.45) is 0.512.